The molecule has 6 aromatic rings. The molecule has 7 nitrogen and oxygen atoms in total. The van der Waals surface area contributed by atoms with E-state index in [-0.39, 0.29) is 5.52 Å². The van der Waals surface area contributed by atoms with Crippen molar-refractivity contribution in [2.45, 2.75) is 20.4 Å². The number of hydrogen-bond donors (Lipinski definition) is 3. The van der Waals surface area contributed by atoms with Crippen LogP contribution < -0.4 is 5.32 Å². The summed E-state index contributed by atoms with van der Waals surface area (Å²) in [4.78, 5) is 19.4. The maximum absolute atomic E-state index is 15.1. The molecule has 0 aliphatic heterocycles. The molecule has 6 rings (SSSR count). The van der Waals surface area contributed by atoms with Gasteiger partial charge in [-0.15, -0.1) is 11.3 Å². The van der Waals surface area contributed by atoms with Crippen molar-refractivity contribution in [2.24, 2.45) is 0 Å². The fourth-order valence-electron chi connectivity index (χ4n) is 4.23. The lowest BCUT2D eigenvalue weighted by atomic mass is 10.0. The SMILES string of the molecule is CCNCc1cncc(-c2cc(F)c3n[nH]c(-c4nc5c(-c6ccc(C)s6)nccc5[nH]4)c3c2)c1. The zero-order valence-corrected chi connectivity index (χ0v) is 20.0. The number of halogens is 1. The first-order chi connectivity index (χ1) is 17.1. The van der Waals surface area contributed by atoms with Crippen molar-refractivity contribution in [3.63, 3.8) is 0 Å². The number of nitrogens with zero attached hydrogens (tertiary/aromatic N) is 4. The largest absolute Gasteiger partial charge is 0.337 e. The van der Waals surface area contributed by atoms with E-state index in [1.807, 2.05) is 24.4 Å². The Hall–Kier alpha value is -3.95. The van der Waals surface area contributed by atoms with Gasteiger partial charge in [-0.2, -0.15) is 5.10 Å². The highest BCUT2D eigenvalue weighted by Gasteiger charge is 2.18. The standard InChI is InChI=1S/C26H22FN7S/c1-3-28-11-15-8-17(13-29-12-15)16-9-18-22(19(27)10-16)33-34-23(18)26-31-20-6-7-30-25(24(20)32-26)21-5-4-14(2)35-21/h4-10,12-13,28H,3,11H2,1-2H3,(H,31,32)(H,33,34). The Morgan fingerprint density at radius 1 is 1.06 bits per heavy atom. The summed E-state index contributed by atoms with van der Waals surface area (Å²) >= 11 is 1.68. The van der Waals surface area contributed by atoms with Crippen LogP contribution in [0.3, 0.4) is 0 Å². The Morgan fingerprint density at radius 2 is 1.97 bits per heavy atom. The van der Waals surface area contributed by atoms with E-state index in [0.717, 1.165) is 44.8 Å². The van der Waals surface area contributed by atoms with Gasteiger partial charge in [-0.1, -0.05) is 6.92 Å². The molecule has 0 amide bonds. The van der Waals surface area contributed by atoms with E-state index < -0.39 is 5.82 Å². The summed E-state index contributed by atoms with van der Waals surface area (Å²) in [5.41, 5.74) is 5.96. The van der Waals surface area contributed by atoms with Crippen molar-refractivity contribution in [3.05, 3.63) is 71.2 Å². The molecule has 174 valence electrons. The van der Waals surface area contributed by atoms with Crippen LogP contribution in [0.4, 0.5) is 4.39 Å². The van der Waals surface area contributed by atoms with Crippen LogP contribution in [0.25, 0.3) is 55.2 Å². The predicted octanol–water partition coefficient (Wildman–Crippen LogP) is 5.85. The molecule has 0 aliphatic rings. The fourth-order valence-corrected chi connectivity index (χ4v) is 5.09. The van der Waals surface area contributed by atoms with E-state index in [4.69, 9.17) is 4.98 Å². The fraction of sp³-hybridized carbons (Fsp3) is 0.154. The molecule has 5 heterocycles. The first-order valence-electron chi connectivity index (χ1n) is 11.3. The maximum Gasteiger partial charge on any atom is 0.157 e. The first-order valence-corrected chi connectivity index (χ1v) is 12.2. The van der Waals surface area contributed by atoms with Crippen molar-refractivity contribution in [1.82, 2.24) is 35.5 Å². The minimum absolute atomic E-state index is 0.271. The van der Waals surface area contributed by atoms with Gasteiger partial charge in [-0.3, -0.25) is 15.1 Å². The Kier molecular flexibility index (Phi) is 5.35. The number of benzene rings is 1. The molecule has 0 fully saturated rings. The second-order valence-corrected chi connectivity index (χ2v) is 9.65. The van der Waals surface area contributed by atoms with E-state index in [2.05, 4.69) is 56.4 Å². The number of aryl methyl sites for hydroxylation is 1. The second kappa shape index (κ2) is 8.68. The van der Waals surface area contributed by atoms with Gasteiger partial charge in [-0.25, -0.2) is 9.37 Å². The average Bonchev–Trinajstić information content (AvgIpc) is 3.60. The van der Waals surface area contributed by atoms with Gasteiger partial charge in [-0.05, 0) is 61.0 Å². The third-order valence-corrected chi connectivity index (χ3v) is 6.94. The molecular formula is C26H22FN7S. The Labute approximate surface area is 204 Å². The zero-order valence-electron chi connectivity index (χ0n) is 19.2. The van der Waals surface area contributed by atoms with Crippen molar-refractivity contribution in [1.29, 1.82) is 0 Å². The summed E-state index contributed by atoms with van der Waals surface area (Å²) in [5, 5.41) is 11.2. The quantitative estimate of drug-likeness (QED) is 0.276. The smallest absolute Gasteiger partial charge is 0.157 e. The lowest BCUT2D eigenvalue weighted by molar-refractivity contribution is 0.636. The number of rotatable bonds is 6. The summed E-state index contributed by atoms with van der Waals surface area (Å²) < 4.78 is 15.1. The highest BCUT2D eigenvalue weighted by atomic mass is 32.1. The highest BCUT2D eigenvalue weighted by Crippen LogP contribution is 2.35. The van der Waals surface area contributed by atoms with Gasteiger partial charge in [0.25, 0.3) is 0 Å². The molecule has 0 saturated carbocycles. The molecule has 3 N–H and O–H groups in total. The van der Waals surface area contributed by atoms with Crippen molar-refractivity contribution in [3.8, 4) is 33.2 Å². The molecule has 0 aliphatic carbocycles. The number of aromatic amines is 2. The number of thiophene rings is 1. The Morgan fingerprint density at radius 3 is 2.80 bits per heavy atom. The number of H-pyrrole nitrogens is 2. The van der Waals surface area contributed by atoms with Gasteiger partial charge >= 0.3 is 0 Å². The number of hydrogen-bond acceptors (Lipinski definition) is 6. The molecule has 0 spiro atoms. The van der Waals surface area contributed by atoms with Gasteiger partial charge < -0.3 is 10.3 Å². The normalized spacial score (nSPS) is 11.6. The van der Waals surface area contributed by atoms with Crippen LogP contribution in [0.5, 0.6) is 0 Å². The molecule has 0 bridgehead atoms. The monoisotopic (exact) mass is 483 g/mol. The maximum atomic E-state index is 15.1. The highest BCUT2D eigenvalue weighted by molar-refractivity contribution is 7.15. The number of pyridine rings is 2. The summed E-state index contributed by atoms with van der Waals surface area (Å²) in [7, 11) is 0. The van der Waals surface area contributed by atoms with Gasteiger partial charge in [0.1, 0.15) is 22.4 Å². The van der Waals surface area contributed by atoms with Crippen LogP contribution in [0.2, 0.25) is 0 Å². The number of imidazole rings is 1. The van der Waals surface area contributed by atoms with Crippen molar-refractivity contribution < 1.29 is 4.39 Å². The minimum atomic E-state index is -0.399. The average molecular weight is 484 g/mol. The summed E-state index contributed by atoms with van der Waals surface area (Å²) in [6, 6.07) is 11.5. The lowest BCUT2D eigenvalue weighted by Gasteiger charge is -2.06. The third kappa shape index (κ3) is 3.88. The summed E-state index contributed by atoms with van der Waals surface area (Å²) in [5.74, 6) is 0.185. The van der Waals surface area contributed by atoms with Crippen molar-refractivity contribution in [2.75, 3.05) is 6.54 Å². The second-order valence-electron chi connectivity index (χ2n) is 8.37. The number of aromatic nitrogens is 6. The third-order valence-electron chi connectivity index (χ3n) is 5.93. The van der Waals surface area contributed by atoms with Crippen LogP contribution in [0.1, 0.15) is 17.4 Å². The zero-order chi connectivity index (χ0) is 23.9. The molecule has 9 heteroatoms. The van der Waals surface area contributed by atoms with Gasteiger partial charge in [0, 0.05) is 41.0 Å². The molecule has 1 aromatic carbocycles. The molecule has 35 heavy (non-hydrogen) atoms. The van der Waals surface area contributed by atoms with Crippen LogP contribution >= 0.6 is 11.3 Å². The Balaban J connectivity index is 1.47. The minimum Gasteiger partial charge on any atom is -0.337 e. The molecule has 0 saturated heterocycles. The van der Waals surface area contributed by atoms with E-state index in [0.29, 0.717) is 23.4 Å². The van der Waals surface area contributed by atoms with Crippen LogP contribution in [0.15, 0.2) is 55.0 Å². The van der Waals surface area contributed by atoms with Crippen LogP contribution in [-0.2, 0) is 6.54 Å². The Bertz CT molecular complexity index is 1680. The van der Waals surface area contributed by atoms with E-state index >= 15 is 4.39 Å². The van der Waals surface area contributed by atoms with Crippen molar-refractivity contribution >= 4 is 33.3 Å². The van der Waals surface area contributed by atoms with E-state index in [1.165, 1.54) is 10.9 Å². The lowest BCUT2D eigenvalue weighted by Crippen LogP contribution is -2.11. The molecular weight excluding hydrogens is 461 g/mol. The van der Waals surface area contributed by atoms with Crippen LogP contribution in [0, 0.1) is 12.7 Å². The van der Waals surface area contributed by atoms with Gasteiger partial charge in [0.05, 0.1) is 10.4 Å². The van der Waals surface area contributed by atoms with Crippen LogP contribution in [-0.4, -0.2) is 36.7 Å². The topological polar surface area (TPSA) is 95.2 Å². The number of fused-ring (bicyclic) bond motifs is 2. The molecule has 0 radical (unpaired) electrons. The molecule has 0 unspecified atom stereocenters. The molecule has 5 aromatic heterocycles. The molecule has 0 atom stereocenters. The predicted molar refractivity (Wildman–Crippen MR) is 138 cm³/mol. The van der Waals surface area contributed by atoms with E-state index in [1.54, 1.807) is 23.7 Å². The number of nitrogens with one attached hydrogen (secondary N) is 3. The van der Waals surface area contributed by atoms with Gasteiger partial charge in [0.15, 0.2) is 11.6 Å². The summed E-state index contributed by atoms with van der Waals surface area (Å²) in [6.45, 7) is 5.69. The van der Waals surface area contributed by atoms with Gasteiger partial charge in [0.2, 0.25) is 0 Å². The summed E-state index contributed by atoms with van der Waals surface area (Å²) in [6.07, 6.45) is 5.34. The van der Waals surface area contributed by atoms with E-state index in [9.17, 15) is 0 Å². The first kappa shape index (κ1) is 21.6.